The summed E-state index contributed by atoms with van der Waals surface area (Å²) in [6.07, 6.45) is 2.30. The number of halogens is 3. The van der Waals surface area contributed by atoms with Crippen molar-refractivity contribution in [3.8, 4) is 5.69 Å². The van der Waals surface area contributed by atoms with E-state index in [9.17, 15) is 13.6 Å². The third-order valence-corrected chi connectivity index (χ3v) is 5.22. The van der Waals surface area contributed by atoms with Gasteiger partial charge in [0.1, 0.15) is 0 Å². The highest BCUT2D eigenvalue weighted by molar-refractivity contribution is 6.31. The molecule has 5 nitrogen and oxygen atoms in total. The first-order valence-corrected chi connectivity index (χ1v) is 9.57. The van der Waals surface area contributed by atoms with Gasteiger partial charge in [0.25, 0.3) is 5.91 Å². The van der Waals surface area contributed by atoms with Crippen LogP contribution in [-0.2, 0) is 12.8 Å². The lowest BCUT2D eigenvalue weighted by Crippen LogP contribution is -2.18. The highest BCUT2D eigenvalue weighted by Crippen LogP contribution is 2.31. The Bertz CT molecular complexity index is 1110. The van der Waals surface area contributed by atoms with Crippen molar-refractivity contribution in [2.45, 2.75) is 19.3 Å². The first kappa shape index (κ1) is 19.4. The largest absolute Gasteiger partial charge is 0.376 e. The Kier molecular flexibility index (Phi) is 5.00. The molecule has 0 bridgehead atoms. The van der Waals surface area contributed by atoms with Gasteiger partial charge in [0.15, 0.2) is 17.3 Å². The minimum atomic E-state index is -0.953. The first-order valence-electron chi connectivity index (χ1n) is 9.19. The molecule has 0 atom stereocenters. The lowest BCUT2D eigenvalue weighted by Gasteiger charge is -2.18. The molecular weight excluding hydrogens is 398 g/mol. The molecule has 4 rings (SSSR count). The van der Waals surface area contributed by atoms with E-state index in [1.54, 1.807) is 12.1 Å². The molecule has 0 radical (unpaired) electrons. The summed E-state index contributed by atoms with van der Waals surface area (Å²) in [7, 11) is 3.74. The maximum absolute atomic E-state index is 13.7. The summed E-state index contributed by atoms with van der Waals surface area (Å²) in [5.74, 6) is -2.24. The number of aromatic nitrogens is 2. The fourth-order valence-electron chi connectivity index (χ4n) is 3.63. The van der Waals surface area contributed by atoms with E-state index >= 15 is 0 Å². The van der Waals surface area contributed by atoms with Crippen LogP contribution in [0.3, 0.4) is 0 Å². The average Bonchev–Trinajstić information content (AvgIpc) is 3.26. The molecular formula is C21H19ClF2N4O. The summed E-state index contributed by atoms with van der Waals surface area (Å²) >= 11 is 6.10. The number of amides is 1. The summed E-state index contributed by atoms with van der Waals surface area (Å²) in [4.78, 5) is 14.9. The zero-order valence-corrected chi connectivity index (χ0v) is 16.7. The highest BCUT2D eigenvalue weighted by atomic mass is 35.5. The van der Waals surface area contributed by atoms with Crippen LogP contribution >= 0.6 is 11.6 Å². The van der Waals surface area contributed by atoms with Gasteiger partial charge in [-0.15, -0.1) is 0 Å². The number of fused-ring (bicyclic) bond motifs is 1. The van der Waals surface area contributed by atoms with Crippen LogP contribution in [-0.4, -0.2) is 29.8 Å². The Labute approximate surface area is 171 Å². The molecule has 0 spiro atoms. The van der Waals surface area contributed by atoms with Crippen molar-refractivity contribution in [1.29, 1.82) is 0 Å². The summed E-state index contributed by atoms with van der Waals surface area (Å²) in [5, 5.41) is 7.83. The molecule has 1 amide bonds. The first-order chi connectivity index (χ1) is 13.8. The Morgan fingerprint density at radius 3 is 2.66 bits per heavy atom. The van der Waals surface area contributed by atoms with Crippen LogP contribution in [0.2, 0.25) is 5.02 Å². The molecule has 2 aromatic carbocycles. The van der Waals surface area contributed by atoms with E-state index in [2.05, 4.69) is 10.4 Å². The number of hydrogen-bond donors (Lipinski definition) is 1. The van der Waals surface area contributed by atoms with Gasteiger partial charge < -0.3 is 10.2 Å². The van der Waals surface area contributed by atoms with Crippen LogP contribution in [0.25, 0.3) is 5.69 Å². The van der Waals surface area contributed by atoms with Crippen LogP contribution in [0.15, 0.2) is 36.4 Å². The van der Waals surface area contributed by atoms with E-state index < -0.39 is 11.6 Å². The molecule has 0 fully saturated rings. The number of nitrogens with one attached hydrogen (secondary N) is 1. The molecule has 150 valence electrons. The number of carbonyl (C=O) groups is 1. The second-order valence-electron chi connectivity index (χ2n) is 7.15. The van der Waals surface area contributed by atoms with E-state index in [-0.39, 0.29) is 11.6 Å². The van der Waals surface area contributed by atoms with Crippen molar-refractivity contribution < 1.29 is 13.6 Å². The zero-order chi connectivity index (χ0) is 20.7. The third kappa shape index (κ3) is 3.58. The summed E-state index contributed by atoms with van der Waals surface area (Å²) in [5.41, 5.74) is 3.73. The molecule has 1 heterocycles. The second kappa shape index (κ2) is 7.48. The molecule has 1 N–H and O–H groups in total. The van der Waals surface area contributed by atoms with Crippen molar-refractivity contribution in [2.75, 3.05) is 24.3 Å². The Morgan fingerprint density at radius 2 is 1.93 bits per heavy atom. The van der Waals surface area contributed by atoms with Crippen LogP contribution in [0.5, 0.6) is 0 Å². The number of nitrogens with zero attached hydrogens (tertiary/aromatic N) is 3. The van der Waals surface area contributed by atoms with Gasteiger partial charge in [-0.3, -0.25) is 4.79 Å². The molecule has 1 aromatic heterocycles. The maximum Gasteiger partial charge on any atom is 0.276 e. The summed E-state index contributed by atoms with van der Waals surface area (Å²) in [6.45, 7) is 0. The smallest absolute Gasteiger partial charge is 0.276 e. The van der Waals surface area contributed by atoms with E-state index in [4.69, 9.17) is 11.6 Å². The van der Waals surface area contributed by atoms with Crippen molar-refractivity contribution in [2.24, 2.45) is 0 Å². The Morgan fingerprint density at radius 1 is 1.14 bits per heavy atom. The van der Waals surface area contributed by atoms with E-state index in [0.29, 0.717) is 29.2 Å². The van der Waals surface area contributed by atoms with Crippen molar-refractivity contribution >= 4 is 28.9 Å². The van der Waals surface area contributed by atoms with Gasteiger partial charge in [-0.2, -0.15) is 5.10 Å². The Balaban J connectivity index is 1.72. The lowest BCUT2D eigenvalue weighted by atomic mass is 10.2. The van der Waals surface area contributed by atoms with Crippen LogP contribution in [0, 0.1) is 11.6 Å². The predicted octanol–water partition coefficient (Wildman–Crippen LogP) is 4.61. The van der Waals surface area contributed by atoms with Gasteiger partial charge in [-0.1, -0.05) is 11.6 Å². The molecule has 0 saturated heterocycles. The minimum Gasteiger partial charge on any atom is -0.376 e. The topological polar surface area (TPSA) is 50.2 Å². The van der Waals surface area contributed by atoms with Gasteiger partial charge in [0, 0.05) is 36.4 Å². The number of benzene rings is 2. The van der Waals surface area contributed by atoms with E-state index in [0.717, 1.165) is 35.5 Å². The lowest BCUT2D eigenvalue weighted by molar-refractivity contribution is 0.102. The van der Waals surface area contributed by atoms with Crippen molar-refractivity contribution in [3.05, 3.63) is 70.0 Å². The summed E-state index contributed by atoms with van der Waals surface area (Å²) < 4.78 is 28.6. The van der Waals surface area contributed by atoms with Crippen LogP contribution in [0.1, 0.15) is 28.2 Å². The van der Waals surface area contributed by atoms with Gasteiger partial charge >= 0.3 is 0 Å². The Hall–Kier alpha value is -2.93. The second-order valence-corrected chi connectivity index (χ2v) is 7.58. The van der Waals surface area contributed by atoms with E-state index in [1.807, 2.05) is 25.1 Å². The molecule has 1 aliphatic carbocycles. The van der Waals surface area contributed by atoms with Crippen molar-refractivity contribution in [1.82, 2.24) is 9.78 Å². The fraction of sp³-hybridized carbons (Fsp3) is 0.238. The third-order valence-electron chi connectivity index (χ3n) is 4.98. The fourth-order valence-corrected chi connectivity index (χ4v) is 3.80. The monoisotopic (exact) mass is 416 g/mol. The normalized spacial score (nSPS) is 12.7. The molecule has 3 aromatic rings. The molecule has 0 saturated carbocycles. The maximum atomic E-state index is 13.7. The standard InChI is InChI=1S/C21H19ClF2N4O/c1-27(2)19-9-6-12(22)10-17(19)25-21(29)20-14-4-3-5-18(14)28(26-20)13-7-8-15(23)16(24)11-13/h6-11H,3-5H2,1-2H3,(H,25,29). The predicted molar refractivity (Wildman–Crippen MR) is 109 cm³/mol. The molecule has 1 aliphatic rings. The van der Waals surface area contributed by atoms with Crippen molar-refractivity contribution in [3.63, 3.8) is 0 Å². The van der Waals surface area contributed by atoms with Gasteiger partial charge in [-0.25, -0.2) is 13.5 Å². The summed E-state index contributed by atoms with van der Waals surface area (Å²) in [6, 6.07) is 8.85. The quantitative estimate of drug-likeness (QED) is 0.675. The van der Waals surface area contributed by atoms with Gasteiger partial charge in [-0.05, 0) is 49.6 Å². The number of carbonyl (C=O) groups excluding carboxylic acids is 1. The highest BCUT2D eigenvalue weighted by Gasteiger charge is 2.27. The number of rotatable bonds is 4. The number of anilines is 2. The molecule has 29 heavy (non-hydrogen) atoms. The van der Waals surface area contributed by atoms with Crippen LogP contribution < -0.4 is 10.2 Å². The average molecular weight is 417 g/mol. The zero-order valence-electron chi connectivity index (χ0n) is 16.0. The SMILES string of the molecule is CN(C)c1ccc(Cl)cc1NC(=O)c1nn(-c2ccc(F)c(F)c2)c2c1CCC2. The van der Waals surface area contributed by atoms with Gasteiger partial charge in [0.05, 0.1) is 17.1 Å². The molecule has 8 heteroatoms. The van der Waals surface area contributed by atoms with Crippen LogP contribution in [0.4, 0.5) is 20.2 Å². The van der Waals surface area contributed by atoms with Gasteiger partial charge in [0.2, 0.25) is 0 Å². The molecule has 0 unspecified atom stereocenters. The molecule has 0 aliphatic heterocycles. The number of hydrogen-bond acceptors (Lipinski definition) is 3. The van der Waals surface area contributed by atoms with E-state index in [1.165, 1.54) is 10.7 Å². The minimum absolute atomic E-state index is 0.284.